The Morgan fingerprint density at radius 1 is 1.55 bits per heavy atom. The number of rotatable bonds is 4. The minimum Gasteiger partial charge on any atom is -0.393 e. The zero-order chi connectivity index (χ0) is 13.8. The Hall–Kier alpha value is -1.86. The molecule has 0 aromatic heterocycles. The fourth-order valence-corrected chi connectivity index (χ4v) is 2.15. The second-order valence-electron chi connectivity index (χ2n) is 4.50. The first kappa shape index (κ1) is 16.2. The fourth-order valence-electron chi connectivity index (χ4n) is 2.15. The molecule has 0 radical (unpaired) electrons. The third-order valence-corrected chi connectivity index (χ3v) is 3.20. The van der Waals surface area contributed by atoms with Gasteiger partial charge in [-0.2, -0.15) is 0 Å². The molecule has 1 aliphatic rings. The lowest BCUT2D eigenvalue weighted by atomic mass is 10.1. The minimum atomic E-state index is -0.593. The quantitative estimate of drug-likeness (QED) is 0.438. The molecule has 1 amide bonds. The highest BCUT2D eigenvalue weighted by molar-refractivity contribution is 6.00. The molecule has 20 heavy (non-hydrogen) atoms. The number of halogens is 1. The maximum atomic E-state index is 12.0. The zero-order valence-corrected chi connectivity index (χ0v) is 11.6. The molecule has 2 rings (SSSR count). The maximum absolute atomic E-state index is 12.0. The van der Waals surface area contributed by atoms with Crippen LogP contribution >= 0.6 is 12.4 Å². The van der Waals surface area contributed by atoms with Crippen LogP contribution in [0.4, 0.5) is 11.4 Å². The molecule has 0 aliphatic carbocycles. The Balaban J connectivity index is 0.00000200. The molecule has 1 atom stereocenters. The maximum Gasteiger partial charge on any atom is 0.292 e. The summed E-state index contributed by atoms with van der Waals surface area (Å²) in [6.45, 7) is 1.46. The first-order valence-corrected chi connectivity index (χ1v) is 6.14. The molecule has 7 nitrogen and oxygen atoms in total. The molecular weight excluding hydrogens is 284 g/mol. The minimum absolute atomic E-state index is 0. The van der Waals surface area contributed by atoms with Crippen molar-refractivity contribution in [1.82, 2.24) is 10.6 Å². The van der Waals surface area contributed by atoms with Crippen molar-refractivity contribution < 1.29 is 9.72 Å². The van der Waals surface area contributed by atoms with Gasteiger partial charge in [-0.1, -0.05) is 6.07 Å². The summed E-state index contributed by atoms with van der Waals surface area (Å²) >= 11 is 0. The lowest BCUT2D eigenvalue weighted by Gasteiger charge is -2.12. The average Bonchev–Trinajstić information content (AvgIpc) is 2.89. The van der Waals surface area contributed by atoms with Gasteiger partial charge in [-0.25, -0.2) is 0 Å². The summed E-state index contributed by atoms with van der Waals surface area (Å²) in [5.74, 6) is -0.380. The number of hydrogen-bond acceptors (Lipinski definition) is 5. The zero-order valence-electron chi connectivity index (χ0n) is 10.8. The number of nitrogens with two attached hydrogens (primary N) is 1. The highest BCUT2D eigenvalue weighted by atomic mass is 35.5. The summed E-state index contributed by atoms with van der Waals surface area (Å²) in [5.41, 5.74) is 5.46. The molecular formula is C12H17ClN4O3. The Bertz CT molecular complexity index is 503. The predicted molar refractivity (Wildman–Crippen MR) is 78.1 cm³/mol. The molecule has 1 aliphatic heterocycles. The van der Waals surface area contributed by atoms with Gasteiger partial charge in [-0.05, 0) is 25.5 Å². The summed E-state index contributed by atoms with van der Waals surface area (Å²) in [4.78, 5) is 22.1. The van der Waals surface area contributed by atoms with Crippen molar-refractivity contribution in [2.45, 2.75) is 18.9 Å². The molecule has 4 N–H and O–H groups in total. The van der Waals surface area contributed by atoms with E-state index in [0.29, 0.717) is 6.54 Å². The molecule has 110 valence electrons. The number of nitro groups is 1. The molecule has 8 heteroatoms. The van der Waals surface area contributed by atoms with E-state index in [1.54, 1.807) is 0 Å². The van der Waals surface area contributed by atoms with Crippen LogP contribution < -0.4 is 16.4 Å². The van der Waals surface area contributed by atoms with Gasteiger partial charge in [0.2, 0.25) is 0 Å². The van der Waals surface area contributed by atoms with E-state index < -0.39 is 4.92 Å². The van der Waals surface area contributed by atoms with Crippen molar-refractivity contribution in [3.05, 3.63) is 33.9 Å². The van der Waals surface area contributed by atoms with E-state index >= 15 is 0 Å². The van der Waals surface area contributed by atoms with Gasteiger partial charge in [0.25, 0.3) is 11.6 Å². The van der Waals surface area contributed by atoms with Gasteiger partial charge in [0.05, 0.1) is 10.5 Å². The van der Waals surface area contributed by atoms with E-state index in [0.717, 1.165) is 19.4 Å². The van der Waals surface area contributed by atoms with Crippen LogP contribution in [0, 0.1) is 10.1 Å². The van der Waals surface area contributed by atoms with Gasteiger partial charge in [0.15, 0.2) is 0 Å². The van der Waals surface area contributed by atoms with Crippen LogP contribution in [-0.2, 0) is 0 Å². The van der Waals surface area contributed by atoms with Gasteiger partial charge in [0, 0.05) is 18.7 Å². The van der Waals surface area contributed by atoms with E-state index in [2.05, 4.69) is 10.6 Å². The topological polar surface area (TPSA) is 110 Å². The van der Waals surface area contributed by atoms with Crippen molar-refractivity contribution in [3.8, 4) is 0 Å². The van der Waals surface area contributed by atoms with Gasteiger partial charge < -0.3 is 16.4 Å². The van der Waals surface area contributed by atoms with Crippen LogP contribution in [-0.4, -0.2) is 30.0 Å². The van der Waals surface area contributed by atoms with E-state index in [9.17, 15) is 14.9 Å². The number of nitro benzene ring substituents is 1. The molecule has 1 saturated heterocycles. The number of nitrogen functional groups attached to an aromatic ring is 1. The van der Waals surface area contributed by atoms with Crippen LogP contribution in [0.5, 0.6) is 0 Å². The lowest BCUT2D eigenvalue weighted by molar-refractivity contribution is -0.383. The van der Waals surface area contributed by atoms with Crippen LogP contribution in [0.1, 0.15) is 23.2 Å². The van der Waals surface area contributed by atoms with E-state index in [1.807, 2.05) is 0 Å². The molecule has 0 saturated carbocycles. The molecule has 1 heterocycles. The number of carbonyl (C=O) groups is 1. The second-order valence-corrected chi connectivity index (χ2v) is 4.50. The van der Waals surface area contributed by atoms with Crippen molar-refractivity contribution >= 4 is 29.7 Å². The van der Waals surface area contributed by atoms with Gasteiger partial charge in [-0.15, -0.1) is 12.4 Å². The molecule has 0 bridgehead atoms. The van der Waals surface area contributed by atoms with Crippen molar-refractivity contribution in [2.24, 2.45) is 0 Å². The standard InChI is InChI=1S/C12H16N4O3.ClH/c13-11-9(4-1-5-10(11)16(18)19)12(17)15-7-8-3-2-6-14-8;/h1,4-5,8,14H,2-3,6-7,13H2,(H,15,17);1H. The highest BCUT2D eigenvalue weighted by Gasteiger charge is 2.20. The Kier molecular flexibility index (Phi) is 5.72. The molecule has 1 fully saturated rings. The smallest absolute Gasteiger partial charge is 0.292 e. The number of anilines is 1. The molecule has 0 spiro atoms. The van der Waals surface area contributed by atoms with Gasteiger partial charge in [0.1, 0.15) is 5.69 Å². The predicted octanol–water partition coefficient (Wildman–Crippen LogP) is 1.08. The third kappa shape index (κ3) is 3.58. The Morgan fingerprint density at radius 2 is 2.30 bits per heavy atom. The lowest BCUT2D eigenvalue weighted by Crippen LogP contribution is -2.37. The van der Waals surface area contributed by atoms with Crippen LogP contribution in [0.25, 0.3) is 0 Å². The Labute approximate surface area is 122 Å². The van der Waals surface area contributed by atoms with Crippen molar-refractivity contribution in [1.29, 1.82) is 0 Å². The number of hydrogen-bond donors (Lipinski definition) is 3. The van der Waals surface area contributed by atoms with Gasteiger partial charge >= 0.3 is 0 Å². The average molecular weight is 301 g/mol. The van der Waals surface area contributed by atoms with E-state index in [1.165, 1.54) is 18.2 Å². The largest absolute Gasteiger partial charge is 0.393 e. The fraction of sp³-hybridized carbons (Fsp3) is 0.417. The normalized spacial score (nSPS) is 17.3. The number of carbonyl (C=O) groups excluding carboxylic acids is 1. The SMILES string of the molecule is Cl.Nc1c(C(=O)NCC2CCCN2)cccc1[N+](=O)[O-]. The number of benzene rings is 1. The molecule has 1 aromatic rings. The van der Waals surface area contributed by atoms with Crippen LogP contribution in [0.3, 0.4) is 0 Å². The number of para-hydroxylation sites is 1. The number of nitrogens with one attached hydrogen (secondary N) is 2. The first-order valence-electron chi connectivity index (χ1n) is 6.14. The summed E-state index contributed by atoms with van der Waals surface area (Å²) in [6.07, 6.45) is 2.12. The summed E-state index contributed by atoms with van der Waals surface area (Å²) in [6, 6.07) is 4.49. The van der Waals surface area contributed by atoms with Crippen LogP contribution in [0.15, 0.2) is 18.2 Å². The van der Waals surface area contributed by atoms with Gasteiger partial charge in [-0.3, -0.25) is 14.9 Å². The Morgan fingerprint density at radius 3 is 2.90 bits per heavy atom. The molecule has 1 unspecified atom stereocenters. The highest BCUT2D eigenvalue weighted by Crippen LogP contribution is 2.24. The third-order valence-electron chi connectivity index (χ3n) is 3.20. The summed E-state index contributed by atoms with van der Waals surface area (Å²) < 4.78 is 0. The monoisotopic (exact) mass is 300 g/mol. The van der Waals surface area contributed by atoms with E-state index in [-0.39, 0.29) is 41.3 Å². The second kappa shape index (κ2) is 7.06. The van der Waals surface area contributed by atoms with Crippen molar-refractivity contribution in [2.75, 3.05) is 18.8 Å². The summed E-state index contributed by atoms with van der Waals surface area (Å²) in [5, 5.41) is 16.7. The molecule has 1 aromatic carbocycles. The van der Waals surface area contributed by atoms with E-state index in [4.69, 9.17) is 5.73 Å². The first-order chi connectivity index (χ1) is 9.09. The van der Waals surface area contributed by atoms with Crippen molar-refractivity contribution in [3.63, 3.8) is 0 Å². The van der Waals surface area contributed by atoms with Crippen LogP contribution in [0.2, 0.25) is 0 Å². The number of nitrogens with zero attached hydrogens (tertiary/aromatic N) is 1. The number of amides is 1. The summed E-state index contributed by atoms with van der Waals surface area (Å²) in [7, 11) is 0.